The molecule has 0 atom stereocenters. The summed E-state index contributed by atoms with van der Waals surface area (Å²) in [4.78, 5) is 33.4. The fourth-order valence-electron chi connectivity index (χ4n) is 5.37. The minimum absolute atomic E-state index is 0.124. The van der Waals surface area contributed by atoms with Crippen molar-refractivity contribution in [3.05, 3.63) is 62.1 Å². The lowest BCUT2D eigenvalue weighted by Gasteiger charge is -2.40. The van der Waals surface area contributed by atoms with E-state index in [1.54, 1.807) is 0 Å². The van der Waals surface area contributed by atoms with E-state index in [2.05, 4.69) is 61.0 Å². The van der Waals surface area contributed by atoms with Crippen molar-refractivity contribution in [3.63, 3.8) is 0 Å². The summed E-state index contributed by atoms with van der Waals surface area (Å²) in [5.41, 5.74) is 6.25. The van der Waals surface area contributed by atoms with E-state index in [0.29, 0.717) is 23.2 Å². The van der Waals surface area contributed by atoms with Crippen molar-refractivity contribution in [1.29, 1.82) is 0 Å². The first-order chi connectivity index (χ1) is 16.2. The number of amides is 1. The summed E-state index contributed by atoms with van der Waals surface area (Å²) >= 11 is 0. The SMILES string of the molecule is CCc1cc(C(=O)NCc2c(C)cc(C)[nH]c2=O)c(C)c(N(CC)C2CCC(N(C)C)CC2)c1. The molecule has 6 heteroatoms. The highest BCUT2D eigenvalue weighted by atomic mass is 16.1. The zero-order valence-electron chi connectivity index (χ0n) is 22.0. The van der Waals surface area contributed by atoms with Crippen molar-refractivity contribution in [2.24, 2.45) is 0 Å². The van der Waals surface area contributed by atoms with E-state index in [1.165, 1.54) is 31.4 Å². The molecule has 1 heterocycles. The van der Waals surface area contributed by atoms with Crippen LogP contribution in [-0.2, 0) is 13.0 Å². The maximum atomic E-state index is 13.3. The standard InChI is InChI=1S/C28H42N4O2/c1-8-21-15-24(27(33)29-17-25-18(3)14-19(4)30-28(25)34)20(5)26(16-21)32(9-2)23-12-10-22(11-13-23)31(6)7/h14-16,22-23H,8-13,17H2,1-7H3,(H,29,33)(H,30,34). The number of aromatic nitrogens is 1. The van der Waals surface area contributed by atoms with Gasteiger partial charge in [-0.3, -0.25) is 9.59 Å². The van der Waals surface area contributed by atoms with Crippen LogP contribution in [0.1, 0.15) is 77.8 Å². The number of aromatic amines is 1. The number of nitrogens with one attached hydrogen (secondary N) is 2. The number of hydrogen-bond donors (Lipinski definition) is 2. The van der Waals surface area contributed by atoms with Crippen LogP contribution in [0.3, 0.4) is 0 Å². The van der Waals surface area contributed by atoms with Crippen LogP contribution < -0.4 is 15.8 Å². The average Bonchev–Trinajstić information content (AvgIpc) is 2.80. The summed E-state index contributed by atoms with van der Waals surface area (Å²) < 4.78 is 0. The number of nitrogens with zero attached hydrogens (tertiary/aromatic N) is 2. The third-order valence-corrected chi connectivity index (χ3v) is 7.50. The van der Waals surface area contributed by atoms with Gasteiger partial charge in [0.2, 0.25) is 0 Å². The molecule has 1 aliphatic rings. The molecule has 6 nitrogen and oxygen atoms in total. The van der Waals surface area contributed by atoms with Gasteiger partial charge in [0.05, 0.1) is 0 Å². The second-order valence-electron chi connectivity index (χ2n) is 9.98. The molecule has 0 saturated heterocycles. The second kappa shape index (κ2) is 11.2. The summed E-state index contributed by atoms with van der Waals surface area (Å²) in [6, 6.07) is 7.37. The third kappa shape index (κ3) is 5.72. The minimum atomic E-state index is -0.136. The van der Waals surface area contributed by atoms with E-state index in [0.717, 1.165) is 35.3 Å². The van der Waals surface area contributed by atoms with E-state index in [-0.39, 0.29) is 18.0 Å². The number of carbonyl (C=O) groups excluding carboxylic acids is 1. The van der Waals surface area contributed by atoms with Gasteiger partial charge in [-0.2, -0.15) is 0 Å². The summed E-state index contributed by atoms with van der Waals surface area (Å²) in [7, 11) is 4.35. The molecule has 3 rings (SSSR count). The zero-order chi connectivity index (χ0) is 25.0. The molecular weight excluding hydrogens is 424 g/mol. The molecular formula is C28H42N4O2. The molecule has 0 unspecified atom stereocenters. The van der Waals surface area contributed by atoms with Crippen LogP contribution in [0, 0.1) is 20.8 Å². The highest BCUT2D eigenvalue weighted by Gasteiger charge is 2.28. The molecule has 0 radical (unpaired) electrons. The lowest BCUT2D eigenvalue weighted by molar-refractivity contribution is 0.0950. The van der Waals surface area contributed by atoms with Crippen LogP contribution in [0.2, 0.25) is 0 Å². The Kier molecular flexibility index (Phi) is 8.58. The molecule has 2 aromatic rings. The van der Waals surface area contributed by atoms with Gasteiger partial charge in [-0.25, -0.2) is 0 Å². The van der Waals surface area contributed by atoms with Gasteiger partial charge in [-0.15, -0.1) is 0 Å². The summed E-state index contributed by atoms with van der Waals surface area (Å²) in [6.45, 7) is 11.3. The van der Waals surface area contributed by atoms with Gasteiger partial charge in [0.1, 0.15) is 0 Å². The molecule has 0 bridgehead atoms. The predicted octanol–water partition coefficient (Wildman–Crippen LogP) is 4.49. The van der Waals surface area contributed by atoms with Gasteiger partial charge in [0.15, 0.2) is 0 Å². The first-order valence-corrected chi connectivity index (χ1v) is 12.7. The Hall–Kier alpha value is -2.60. The van der Waals surface area contributed by atoms with Gasteiger partial charge >= 0.3 is 0 Å². The van der Waals surface area contributed by atoms with E-state index in [4.69, 9.17) is 0 Å². The normalized spacial score (nSPS) is 18.2. The lowest BCUT2D eigenvalue weighted by Crippen LogP contribution is -2.42. The second-order valence-corrected chi connectivity index (χ2v) is 9.98. The van der Waals surface area contributed by atoms with Crippen molar-refractivity contribution < 1.29 is 4.79 Å². The number of carbonyl (C=O) groups is 1. The number of aryl methyl sites for hydroxylation is 3. The molecule has 0 spiro atoms. The van der Waals surface area contributed by atoms with Crippen molar-refractivity contribution in [2.45, 2.75) is 85.4 Å². The maximum absolute atomic E-state index is 13.3. The number of H-pyrrole nitrogens is 1. The third-order valence-electron chi connectivity index (χ3n) is 7.50. The maximum Gasteiger partial charge on any atom is 0.253 e. The average molecular weight is 467 g/mol. The van der Waals surface area contributed by atoms with Crippen LogP contribution >= 0.6 is 0 Å². The molecule has 1 aromatic carbocycles. The van der Waals surface area contributed by atoms with Crippen molar-refractivity contribution in [3.8, 4) is 0 Å². The summed E-state index contributed by atoms with van der Waals surface area (Å²) in [5, 5.41) is 3.01. The molecule has 1 aromatic heterocycles. The van der Waals surface area contributed by atoms with Crippen molar-refractivity contribution in [1.82, 2.24) is 15.2 Å². The Balaban J connectivity index is 1.85. The largest absolute Gasteiger partial charge is 0.369 e. The van der Waals surface area contributed by atoms with Crippen LogP contribution in [0.15, 0.2) is 23.0 Å². The van der Waals surface area contributed by atoms with Crippen LogP contribution in [-0.4, -0.2) is 48.5 Å². The van der Waals surface area contributed by atoms with Crippen molar-refractivity contribution >= 4 is 11.6 Å². The first kappa shape index (κ1) is 26.0. The fraction of sp³-hybridized carbons (Fsp3) is 0.571. The number of benzene rings is 1. The Morgan fingerprint density at radius 2 is 1.68 bits per heavy atom. The molecule has 186 valence electrons. The molecule has 1 amide bonds. The topological polar surface area (TPSA) is 68.4 Å². The molecule has 1 fully saturated rings. The van der Waals surface area contributed by atoms with E-state index in [1.807, 2.05) is 26.0 Å². The summed E-state index contributed by atoms with van der Waals surface area (Å²) in [6.07, 6.45) is 5.62. The van der Waals surface area contributed by atoms with Gasteiger partial charge in [-0.05, 0) is 109 Å². The number of pyridine rings is 1. The number of anilines is 1. The number of hydrogen-bond acceptors (Lipinski definition) is 4. The van der Waals surface area contributed by atoms with Gasteiger partial charge in [0.25, 0.3) is 11.5 Å². The Morgan fingerprint density at radius 1 is 1.03 bits per heavy atom. The Morgan fingerprint density at radius 3 is 2.24 bits per heavy atom. The molecule has 1 saturated carbocycles. The van der Waals surface area contributed by atoms with Gasteiger partial charge < -0.3 is 20.1 Å². The molecule has 34 heavy (non-hydrogen) atoms. The lowest BCUT2D eigenvalue weighted by atomic mass is 9.88. The highest BCUT2D eigenvalue weighted by Crippen LogP contribution is 2.33. The molecule has 0 aliphatic heterocycles. The zero-order valence-corrected chi connectivity index (χ0v) is 22.0. The minimum Gasteiger partial charge on any atom is -0.369 e. The Bertz CT molecular complexity index is 1060. The quantitative estimate of drug-likeness (QED) is 0.601. The molecule has 2 N–H and O–H groups in total. The van der Waals surface area contributed by atoms with E-state index in [9.17, 15) is 9.59 Å². The van der Waals surface area contributed by atoms with E-state index >= 15 is 0 Å². The van der Waals surface area contributed by atoms with Gasteiger partial charge in [0, 0.05) is 47.7 Å². The number of rotatable bonds is 8. The Labute approximate surface area is 204 Å². The summed E-state index contributed by atoms with van der Waals surface area (Å²) in [5.74, 6) is -0.124. The molecule has 1 aliphatic carbocycles. The first-order valence-electron chi connectivity index (χ1n) is 12.7. The van der Waals surface area contributed by atoms with Gasteiger partial charge in [-0.1, -0.05) is 6.92 Å². The predicted molar refractivity (Wildman–Crippen MR) is 141 cm³/mol. The smallest absolute Gasteiger partial charge is 0.253 e. The van der Waals surface area contributed by atoms with Crippen LogP contribution in [0.4, 0.5) is 5.69 Å². The van der Waals surface area contributed by atoms with Crippen LogP contribution in [0.5, 0.6) is 0 Å². The monoisotopic (exact) mass is 466 g/mol. The fourth-order valence-corrected chi connectivity index (χ4v) is 5.37. The van der Waals surface area contributed by atoms with Crippen LogP contribution in [0.25, 0.3) is 0 Å². The highest BCUT2D eigenvalue weighted by molar-refractivity contribution is 5.97. The van der Waals surface area contributed by atoms with E-state index < -0.39 is 0 Å². The van der Waals surface area contributed by atoms with Crippen molar-refractivity contribution in [2.75, 3.05) is 25.5 Å².